The van der Waals surface area contributed by atoms with Crippen LogP contribution in [0.15, 0.2) is 49.2 Å². The lowest BCUT2D eigenvalue weighted by molar-refractivity contribution is -0.384. The average Bonchev–Trinajstić information content (AvgIpc) is 3.43. The molecule has 5 rings (SSSR count). The molecule has 4 heterocycles. The zero-order valence-electron chi connectivity index (χ0n) is 17.0. The van der Waals surface area contributed by atoms with E-state index < -0.39 is 4.92 Å². The van der Waals surface area contributed by atoms with Gasteiger partial charge in [-0.3, -0.25) is 14.9 Å². The number of nitro benzene ring substituents is 1. The van der Waals surface area contributed by atoms with Gasteiger partial charge in [0.2, 0.25) is 5.95 Å². The van der Waals surface area contributed by atoms with Gasteiger partial charge in [0.1, 0.15) is 12.7 Å². The van der Waals surface area contributed by atoms with Gasteiger partial charge in [-0.15, -0.1) is 0 Å². The number of nitrogens with one attached hydrogen (secondary N) is 1. The number of benzene rings is 1. The van der Waals surface area contributed by atoms with Crippen LogP contribution in [0.3, 0.4) is 0 Å². The van der Waals surface area contributed by atoms with E-state index in [0.29, 0.717) is 54.5 Å². The van der Waals surface area contributed by atoms with E-state index in [-0.39, 0.29) is 11.6 Å². The van der Waals surface area contributed by atoms with Crippen LogP contribution in [-0.2, 0) is 0 Å². The SMILES string of the molecule is O=C(c1ccnc(-n2cncn2)c1)N1CCCN(c2nc3ccc([N+](=O)[O-])cc3[nH]2)CC1. The molecule has 0 aliphatic carbocycles. The Hall–Kier alpha value is -4.35. The van der Waals surface area contributed by atoms with Crippen molar-refractivity contribution < 1.29 is 9.72 Å². The zero-order chi connectivity index (χ0) is 22.1. The van der Waals surface area contributed by atoms with E-state index in [0.717, 1.165) is 6.42 Å². The summed E-state index contributed by atoms with van der Waals surface area (Å²) in [6, 6.07) is 7.95. The molecule has 3 aromatic heterocycles. The topological polar surface area (TPSA) is 139 Å². The predicted molar refractivity (Wildman–Crippen MR) is 115 cm³/mol. The fourth-order valence-corrected chi connectivity index (χ4v) is 3.77. The number of carbonyl (C=O) groups excluding carboxylic acids is 1. The number of anilines is 1. The molecule has 1 aliphatic heterocycles. The van der Waals surface area contributed by atoms with E-state index >= 15 is 0 Å². The number of rotatable bonds is 4. The zero-order valence-corrected chi connectivity index (χ0v) is 17.0. The first kappa shape index (κ1) is 19.6. The second-order valence-electron chi connectivity index (χ2n) is 7.39. The van der Waals surface area contributed by atoms with Crippen molar-refractivity contribution in [3.8, 4) is 5.82 Å². The summed E-state index contributed by atoms with van der Waals surface area (Å²) in [5.74, 6) is 1.10. The number of aromatic amines is 1. The summed E-state index contributed by atoms with van der Waals surface area (Å²) in [7, 11) is 0. The van der Waals surface area contributed by atoms with Crippen molar-refractivity contribution in [3.05, 3.63) is 64.9 Å². The summed E-state index contributed by atoms with van der Waals surface area (Å²) in [6.07, 6.45) is 5.30. The van der Waals surface area contributed by atoms with Crippen molar-refractivity contribution in [2.24, 2.45) is 0 Å². The summed E-state index contributed by atoms with van der Waals surface area (Å²) in [6.45, 7) is 2.44. The van der Waals surface area contributed by atoms with Crippen molar-refractivity contribution in [1.82, 2.24) is 34.6 Å². The molecule has 0 spiro atoms. The Morgan fingerprint density at radius 2 is 2.03 bits per heavy atom. The lowest BCUT2D eigenvalue weighted by Gasteiger charge is -2.22. The number of H-pyrrole nitrogens is 1. The Morgan fingerprint density at radius 1 is 1.12 bits per heavy atom. The summed E-state index contributed by atoms with van der Waals surface area (Å²) in [5, 5.41) is 15.1. The van der Waals surface area contributed by atoms with Crippen LogP contribution in [-0.4, -0.2) is 71.6 Å². The van der Waals surface area contributed by atoms with Crippen LogP contribution in [0.4, 0.5) is 11.6 Å². The fourth-order valence-electron chi connectivity index (χ4n) is 3.77. The predicted octanol–water partition coefficient (Wildman–Crippen LogP) is 1.80. The third-order valence-electron chi connectivity index (χ3n) is 5.39. The highest BCUT2D eigenvalue weighted by Gasteiger charge is 2.23. The molecular formula is C20H19N9O3. The maximum absolute atomic E-state index is 13.1. The monoisotopic (exact) mass is 433 g/mol. The van der Waals surface area contributed by atoms with Gasteiger partial charge in [-0.05, 0) is 24.6 Å². The average molecular weight is 433 g/mol. The van der Waals surface area contributed by atoms with Gasteiger partial charge in [0.25, 0.3) is 11.6 Å². The van der Waals surface area contributed by atoms with Gasteiger partial charge in [0, 0.05) is 50.1 Å². The number of carbonyl (C=O) groups is 1. The molecule has 0 atom stereocenters. The maximum Gasteiger partial charge on any atom is 0.271 e. The summed E-state index contributed by atoms with van der Waals surface area (Å²) < 4.78 is 1.51. The first-order valence-corrected chi connectivity index (χ1v) is 10.1. The number of fused-ring (bicyclic) bond motifs is 1. The van der Waals surface area contributed by atoms with Crippen molar-refractivity contribution in [1.29, 1.82) is 0 Å². The number of non-ortho nitro benzene ring substituents is 1. The third-order valence-corrected chi connectivity index (χ3v) is 5.39. The van der Waals surface area contributed by atoms with Crippen LogP contribution < -0.4 is 4.90 Å². The number of hydrogen-bond donors (Lipinski definition) is 1. The Bertz CT molecular complexity index is 1280. The fraction of sp³-hybridized carbons (Fsp3) is 0.250. The number of hydrogen-bond acceptors (Lipinski definition) is 8. The smallest absolute Gasteiger partial charge is 0.271 e. The highest BCUT2D eigenvalue weighted by molar-refractivity contribution is 5.94. The van der Waals surface area contributed by atoms with Gasteiger partial charge in [-0.1, -0.05) is 0 Å². The van der Waals surface area contributed by atoms with E-state index in [1.165, 1.54) is 29.5 Å². The van der Waals surface area contributed by atoms with Crippen molar-refractivity contribution in [2.45, 2.75) is 6.42 Å². The number of pyridine rings is 1. The lowest BCUT2D eigenvalue weighted by atomic mass is 10.2. The standard InChI is InChI=1S/C20H19N9O3/c30-19(14-4-5-22-18(10-14)28-13-21-12-23-28)26-6-1-7-27(9-8-26)20-24-16-3-2-15(29(31)32)11-17(16)25-20/h2-5,10-13H,1,6-9H2,(H,24,25). The van der Waals surface area contributed by atoms with Gasteiger partial charge < -0.3 is 14.8 Å². The van der Waals surface area contributed by atoms with Crippen LogP contribution >= 0.6 is 0 Å². The third kappa shape index (κ3) is 3.73. The summed E-state index contributed by atoms with van der Waals surface area (Å²) >= 11 is 0. The molecule has 1 amide bonds. The van der Waals surface area contributed by atoms with Gasteiger partial charge >= 0.3 is 0 Å². The molecule has 1 fully saturated rings. The molecular weight excluding hydrogens is 414 g/mol. The van der Waals surface area contributed by atoms with Gasteiger partial charge in [0.15, 0.2) is 5.82 Å². The van der Waals surface area contributed by atoms with E-state index in [1.807, 2.05) is 4.90 Å². The van der Waals surface area contributed by atoms with Crippen LogP contribution in [0.25, 0.3) is 16.9 Å². The molecule has 1 saturated heterocycles. The number of amides is 1. The second kappa shape index (κ2) is 8.06. The first-order chi connectivity index (χ1) is 15.6. The number of nitro groups is 1. The van der Waals surface area contributed by atoms with Gasteiger partial charge in [-0.25, -0.2) is 19.6 Å². The molecule has 0 unspecified atom stereocenters. The first-order valence-electron chi connectivity index (χ1n) is 10.1. The molecule has 1 N–H and O–H groups in total. The quantitative estimate of drug-likeness (QED) is 0.380. The highest BCUT2D eigenvalue weighted by atomic mass is 16.6. The molecule has 12 nitrogen and oxygen atoms in total. The Morgan fingerprint density at radius 3 is 2.84 bits per heavy atom. The van der Waals surface area contributed by atoms with Crippen LogP contribution in [0.5, 0.6) is 0 Å². The van der Waals surface area contributed by atoms with Crippen LogP contribution in [0.1, 0.15) is 16.8 Å². The van der Waals surface area contributed by atoms with E-state index in [9.17, 15) is 14.9 Å². The molecule has 0 saturated carbocycles. The Kier molecular flexibility index (Phi) is 4.94. The Balaban J connectivity index is 1.31. The minimum Gasteiger partial charge on any atom is -0.341 e. The normalized spacial score (nSPS) is 14.5. The van der Waals surface area contributed by atoms with E-state index in [1.54, 1.807) is 24.4 Å². The minimum absolute atomic E-state index is 0.0166. The molecule has 0 radical (unpaired) electrons. The number of aromatic nitrogens is 6. The van der Waals surface area contributed by atoms with Gasteiger partial charge in [-0.2, -0.15) is 5.10 Å². The molecule has 4 aromatic rings. The van der Waals surface area contributed by atoms with Crippen molar-refractivity contribution in [2.75, 3.05) is 31.1 Å². The second-order valence-corrected chi connectivity index (χ2v) is 7.39. The molecule has 12 heteroatoms. The molecule has 32 heavy (non-hydrogen) atoms. The van der Waals surface area contributed by atoms with E-state index in [2.05, 4.69) is 29.9 Å². The number of nitrogens with zero attached hydrogens (tertiary/aromatic N) is 8. The van der Waals surface area contributed by atoms with Crippen molar-refractivity contribution in [3.63, 3.8) is 0 Å². The molecule has 0 bridgehead atoms. The molecule has 1 aliphatic rings. The van der Waals surface area contributed by atoms with Crippen molar-refractivity contribution >= 4 is 28.6 Å². The van der Waals surface area contributed by atoms with Crippen LogP contribution in [0, 0.1) is 10.1 Å². The summed E-state index contributed by atoms with van der Waals surface area (Å²) in [4.78, 5) is 43.5. The van der Waals surface area contributed by atoms with Gasteiger partial charge in [0.05, 0.1) is 16.0 Å². The van der Waals surface area contributed by atoms with E-state index in [4.69, 9.17) is 0 Å². The largest absolute Gasteiger partial charge is 0.341 e. The highest BCUT2D eigenvalue weighted by Crippen LogP contribution is 2.23. The molecule has 162 valence electrons. The molecule has 1 aromatic carbocycles. The van der Waals surface area contributed by atoms with Crippen LogP contribution in [0.2, 0.25) is 0 Å². The summed E-state index contributed by atoms with van der Waals surface area (Å²) in [5.41, 5.74) is 1.84. The minimum atomic E-state index is -0.428. The Labute approximate surface area is 181 Å². The maximum atomic E-state index is 13.1. The number of imidazole rings is 1. The lowest BCUT2D eigenvalue weighted by Crippen LogP contribution is -2.35.